The van der Waals surface area contributed by atoms with Crippen molar-refractivity contribution >= 4 is 46.3 Å². The van der Waals surface area contributed by atoms with Crippen LogP contribution in [0.15, 0.2) is 48.5 Å². The molecule has 0 bridgehead atoms. The number of benzene rings is 3. The standard InChI is InChI=1S/C26H25BBrNO3/c1-16-19-8-11-26(27,28)32-25(19)21-15-23(31-2)22(29-12-9-18(30)10-13-29)14-20(21)24(16)17-6-4-3-5-7-17/h3-8,11,14-15,18,30H,9-10,12-13H2,1-2H3. The summed E-state index contributed by atoms with van der Waals surface area (Å²) in [6.07, 6.45) is 5.13. The van der Waals surface area contributed by atoms with Crippen LogP contribution in [0.1, 0.15) is 24.0 Å². The molecule has 2 aliphatic rings. The first-order valence-electron chi connectivity index (χ1n) is 10.9. The number of methoxy groups -OCH3 is 1. The third-order valence-electron chi connectivity index (χ3n) is 6.46. The second-order valence-electron chi connectivity index (χ2n) is 8.53. The van der Waals surface area contributed by atoms with E-state index in [0.29, 0.717) is 0 Å². The number of rotatable bonds is 3. The Hall–Kier alpha value is -2.44. The summed E-state index contributed by atoms with van der Waals surface area (Å²) in [5.41, 5.74) is 5.52. The molecule has 32 heavy (non-hydrogen) atoms. The number of halogens is 1. The summed E-state index contributed by atoms with van der Waals surface area (Å²) in [4.78, 5) is 2.30. The molecule has 2 aliphatic heterocycles. The number of aliphatic hydroxyl groups excluding tert-OH is 1. The van der Waals surface area contributed by atoms with Gasteiger partial charge in [0.05, 0.1) is 18.9 Å². The maximum absolute atomic E-state index is 9.99. The van der Waals surface area contributed by atoms with E-state index in [4.69, 9.17) is 17.3 Å². The molecule has 2 heterocycles. The summed E-state index contributed by atoms with van der Waals surface area (Å²) in [5.74, 6) is 1.53. The molecule has 2 radical (unpaired) electrons. The van der Waals surface area contributed by atoms with Crippen molar-refractivity contribution < 1.29 is 14.6 Å². The van der Waals surface area contributed by atoms with E-state index >= 15 is 0 Å². The largest absolute Gasteiger partial charge is 0.495 e. The highest BCUT2D eigenvalue weighted by molar-refractivity contribution is 9.10. The molecule has 0 saturated carbocycles. The van der Waals surface area contributed by atoms with Gasteiger partial charge in [0.1, 0.15) is 15.9 Å². The zero-order valence-electron chi connectivity index (χ0n) is 18.3. The average molecular weight is 490 g/mol. The van der Waals surface area contributed by atoms with E-state index in [0.717, 1.165) is 70.6 Å². The summed E-state index contributed by atoms with van der Waals surface area (Å²) < 4.78 is 11.0. The molecular weight excluding hydrogens is 465 g/mol. The van der Waals surface area contributed by atoms with Crippen LogP contribution in [0.4, 0.5) is 5.69 Å². The van der Waals surface area contributed by atoms with Crippen LogP contribution in [0.2, 0.25) is 0 Å². The second kappa shape index (κ2) is 8.16. The van der Waals surface area contributed by atoms with E-state index < -0.39 is 4.41 Å². The maximum atomic E-state index is 9.99. The Labute approximate surface area is 198 Å². The lowest BCUT2D eigenvalue weighted by molar-refractivity contribution is 0.145. The summed E-state index contributed by atoms with van der Waals surface area (Å²) in [5, 5.41) is 12.0. The van der Waals surface area contributed by atoms with Crippen LogP contribution in [0.25, 0.3) is 28.0 Å². The van der Waals surface area contributed by atoms with Crippen molar-refractivity contribution in [1.82, 2.24) is 0 Å². The molecule has 6 heteroatoms. The van der Waals surface area contributed by atoms with Gasteiger partial charge in [0, 0.05) is 24.0 Å². The van der Waals surface area contributed by atoms with Crippen LogP contribution in [-0.2, 0) is 0 Å². The lowest BCUT2D eigenvalue weighted by Crippen LogP contribution is -2.36. The van der Waals surface area contributed by atoms with Gasteiger partial charge in [-0.1, -0.05) is 36.4 Å². The minimum absolute atomic E-state index is 0.233. The third-order valence-corrected chi connectivity index (χ3v) is 6.89. The van der Waals surface area contributed by atoms with Gasteiger partial charge in [-0.15, -0.1) is 0 Å². The molecule has 1 unspecified atom stereocenters. The number of hydrogen-bond acceptors (Lipinski definition) is 4. The first-order valence-corrected chi connectivity index (χ1v) is 11.7. The molecule has 3 aromatic carbocycles. The number of fused-ring (bicyclic) bond motifs is 3. The lowest BCUT2D eigenvalue weighted by atomic mass is 9.86. The van der Waals surface area contributed by atoms with Gasteiger partial charge in [-0.25, -0.2) is 0 Å². The zero-order chi connectivity index (χ0) is 22.5. The average Bonchev–Trinajstić information content (AvgIpc) is 2.79. The van der Waals surface area contributed by atoms with Crippen molar-refractivity contribution in [3.8, 4) is 22.6 Å². The van der Waals surface area contributed by atoms with E-state index in [2.05, 4.69) is 64.2 Å². The smallest absolute Gasteiger partial charge is 0.154 e. The number of anilines is 1. The van der Waals surface area contributed by atoms with Gasteiger partial charge in [-0.2, -0.15) is 0 Å². The fraction of sp³-hybridized carbons (Fsp3) is 0.308. The predicted octanol–water partition coefficient (Wildman–Crippen LogP) is 5.41. The quantitative estimate of drug-likeness (QED) is 0.394. The van der Waals surface area contributed by atoms with E-state index in [1.165, 1.54) is 5.56 Å². The molecule has 1 saturated heterocycles. The first-order chi connectivity index (χ1) is 15.4. The van der Waals surface area contributed by atoms with Crippen molar-refractivity contribution in [3.63, 3.8) is 0 Å². The molecule has 0 aromatic heterocycles. The van der Waals surface area contributed by atoms with Crippen molar-refractivity contribution in [3.05, 3.63) is 59.7 Å². The summed E-state index contributed by atoms with van der Waals surface area (Å²) >= 11 is 3.46. The van der Waals surface area contributed by atoms with Gasteiger partial charge in [0.2, 0.25) is 0 Å². The molecule has 1 atom stereocenters. The predicted molar refractivity (Wildman–Crippen MR) is 135 cm³/mol. The molecule has 1 fully saturated rings. The Morgan fingerprint density at radius 2 is 1.88 bits per heavy atom. The van der Waals surface area contributed by atoms with Gasteiger partial charge in [-0.3, -0.25) is 0 Å². The topological polar surface area (TPSA) is 41.9 Å². The summed E-state index contributed by atoms with van der Waals surface area (Å²) in [7, 11) is 7.95. The van der Waals surface area contributed by atoms with Crippen LogP contribution in [-0.4, -0.2) is 43.7 Å². The highest BCUT2D eigenvalue weighted by atomic mass is 79.9. The molecule has 0 spiro atoms. The van der Waals surface area contributed by atoms with Gasteiger partial charge in [-0.05, 0) is 76.0 Å². The Morgan fingerprint density at radius 1 is 1.16 bits per heavy atom. The number of hydrogen-bond donors (Lipinski definition) is 1. The molecule has 5 rings (SSSR count). The van der Waals surface area contributed by atoms with Gasteiger partial charge in [0.25, 0.3) is 0 Å². The Balaban J connectivity index is 1.81. The van der Waals surface area contributed by atoms with E-state index in [-0.39, 0.29) is 6.10 Å². The van der Waals surface area contributed by atoms with Crippen LogP contribution in [0.3, 0.4) is 0 Å². The second-order valence-corrected chi connectivity index (χ2v) is 9.77. The molecule has 162 valence electrons. The molecule has 0 amide bonds. The van der Waals surface area contributed by atoms with Crippen LogP contribution in [0, 0.1) is 6.92 Å². The highest BCUT2D eigenvalue weighted by Crippen LogP contribution is 2.48. The number of alkyl halides is 1. The van der Waals surface area contributed by atoms with E-state index in [9.17, 15) is 5.11 Å². The molecular formula is C26H25BBrNO3. The van der Waals surface area contributed by atoms with Crippen molar-refractivity contribution in [2.75, 3.05) is 25.1 Å². The monoisotopic (exact) mass is 489 g/mol. The first kappa shape index (κ1) is 21.4. The number of piperidine rings is 1. The SMILES string of the molecule is [B]C1(Br)C=Cc2c(C)c(-c3ccccc3)c3cc(N4CCC(O)CC4)c(OC)cc3c2O1. The van der Waals surface area contributed by atoms with Crippen molar-refractivity contribution in [2.24, 2.45) is 0 Å². The molecule has 1 N–H and O–H groups in total. The van der Waals surface area contributed by atoms with Crippen molar-refractivity contribution in [2.45, 2.75) is 30.3 Å². The summed E-state index contributed by atoms with van der Waals surface area (Å²) in [6, 6.07) is 14.7. The van der Waals surface area contributed by atoms with Gasteiger partial charge < -0.3 is 19.5 Å². The Kier molecular flexibility index (Phi) is 5.46. The van der Waals surface area contributed by atoms with Crippen LogP contribution < -0.4 is 14.4 Å². The van der Waals surface area contributed by atoms with Crippen LogP contribution >= 0.6 is 15.9 Å². The van der Waals surface area contributed by atoms with Crippen LogP contribution in [0.5, 0.6) is 11.5 Å². The van der Waals surface area contributed by atoms with Gasteiger partial charge in [0.15, 0.2) is 7.85 Å². The Morgan fingerprint density at radius 3 is 2.56 bits per heavy atom. The molecule has 3 aromatic rings. The minimum Gasteiger partial charge on any atom is -0.495 e. The Bertz CT molecular complexity index is 1200. The molecule has 4 nitrogen and oxygen atoms in total. The fourth-order valence-corrected chi connectivity index (χ4v) is 5.10. The fourth-order valence-electron chi connectivity index (χ4n) is 4.81. The maximum Gasteiger partial charge on any atom is 0.154 e. The van der Waals surface area contributed by atoms with E-state index in [1.807, 2.05) is 18.2 Å². The van der Waals surface area contributed by atoms with E-state index in [1.54, 1.807) is 7.11 Å². The van der Waals surface area contributed by atoms with Crippen molar-refractivity contribution in [1.29, 1.82) is 0 Å². The zero-order valence-corrected chi connectivity index (χ0v) is 19.9. The number of aliphatic hydroxyl groups is 1. The lowest BCUT2D eigenvalue weighted by Gasteiger charge is -2.34. The number of ether oxygens (including phenoxy) is 2. The third kappa shape index (κ3) is 3.69. The number of nitrogens with zero attached hydrogens (tertiary/aromatic N) is 1. The molecule has 0 aliphatic carbocycles. The normalized spacial score (nSPS) is 20.8. The minimum atomic E-state index is -1.05. The summed E-state index contributed by atoms with van der Waals surface area (Å²) in [6.45, 7) is 3.72. The highest BCUT2D eigenvalue weighted by Gasteiger charge is 2.29. The van der Waals surface area contributed by atoms with Gasteiger partial charge >= 0.3 is 0 Å².